The molecule has 0 radical (unpaired) electrons. The van der Waals surface area contributed by atoms with Crippen LogP contribution in [0.4, 0.5) is 0 Å². The van der Waals surface area contributed by atoms with E-state index in [2.05, 4.69) is 10.1 Å². The number of carbonyl (C=O) groups excluding carboxylic acids is 2. The number of ether oxygens (including phenoxy) is 1. The Morgan fingerprint density at radius 1 is 1.32 bits per heavy atom. The maximum atomic E-state index is 11.4. The maximum Gasteiger partial charge on any atom is 0.337 e. The molecule has 1 fully saturated rings. The van der Waals surface area contributed by atoms with Gasteiger partial charge in [0.1, 0.15) is 0 Å². The Labute approximate surface area is 112 Å². The van der Waals surface area contributed by atoms with Crippen LogP contribution in [0.15, 0.2) is 24.3 Å². The average molecular weight is 262 g/mol. The molecule has 0 unspecified atom stereocenters. The smallest absolute Gasteiger partial charge is 0.337 e. The van der Waals surface area contributed by atoms with Crippen LogP contribution in [0.25, 0.3) is 0 Å². The standard InChI is InChI=1S/C14H18N2O3/c1-10(17)16-8-7-15-13(9-16)11-3-5-12(6-4-11)14(18)19-2/h3-6,13,15H,7-9H2,1-2H3/t13-/m0/s1. The zero-order valence-electron chi connectivity index (χ0n) is 11.2. The molecular weight excluding hydrogens is 244 g/mol. The number of esters is 1. The van der Waals surface area contributed by atoms with Gasteiger partial charge < -0.3 is 15.0 Å². The Bertz CT molecular complexity index is 470. The third-order valence-electron chi connectivity index (χ3n) is 3.35. The molecule has 1 aliphatic heterocycles. The summed E-state index contributed by atoms with van der Waals surface area (Å²) in [5.74, 6) is -0.244. The molecule has 0 bridgehead atoms. The van der Waals surface area contributed by atoms with E-state index in [1.54, 1.807) is 19.1 Å². The Kier molecular flexibility index (Phi) is 4.16. The molecule has 1 aliphatic rings. The normalized spacial score (nSPS) is 19.1. The van der Waals surface area contributed by atoms with Crippen molar-refractivity contribution in [3.05, 3.63) is 35.4 Å². The van der Waals surface area contributed by atoms with E-state index in [4.69, 9.17) is 0 Å². The number of hydrogen-bond donors (Lipinski definition) is 1. The highest BCUT2D eigenvalue weighted by molar-refractivity contribution is 5.89. The van der Waals surface area contributed by atoms with Gasteiger partial charge in [-0.2, -0.15) is 0 Å². The number of nitrogens with zero attached hydrogens (tertiary/aromatic N) is 1. The third-order valence-corrected chi connectivity index (χ3v) is 3.35. The van der Waals surface area contributed by atoms with Gasteiger partial charge in [-0.15, -0.1) is 0 Å². The van der Waals surface area contributed by atoms with Gasteiger partial charge in [0.15, 0.2) is 0 Å². The second-order valence-corrected chi connectivity index (χ2v) is 4.59. The number of piperazine rings is 1. The summed E-state index contributed by atoms with van der Waals surface area (Å²) in [6, 6.07) is 7.40. The fraction of sp³-hybridized carbons (Fsp3) is 0.429. The fourth-order valence-corrected chi connectivity index (χ4v) is 2.23. The second kappa shape index (κ2) is 5.84. The van der Waals surface area contributed by atoms with Crippen molar-refractivity contribution < 1.29 is 14.3 Å². The van der Waals surface area contributed by atoms with Gasteiger partial charge in [0.25, 0.3) is 0 Å². The molecule has 1 saturated heterocycles. The molecule has 2 rings (SSSR count). The summed E-state index contributed by atoms with van der Waals surface area (Å²) < 4.78 is 4.66. The molecule has 1 aromatic rings. The monoisotopic (exact) mass is 262 g/mol. The summed E-state index contributed by atoms with van der Waals surface area (Å²) in [7, 11) is 1.36. The van der Waals surface area contributed by atoms with Crippen LogP contribution in [0, 0.1) is 0 Å². The summed E-state index contributed by atoms with van der Waals surface area (Å²) in [5.41, 5.74) is 1.60. The molecule has 1 amide bonds. The van der Waals surface area contributed by atoms with Gasteiger partial charge >= 0.3 is 5.97 Å². The Morgan fingerprint density at radius 3 is 2.58 bits per heavy atom. The van der Waals surface area contributed by atoms with E-state index in [1.807, 2.05) is 17.0 Å². The third kappa shape index (κ3) is 3.12. The minimum absolute atomic E-state index is 0.0951. The van der Waals surface area contributed by atoms with Gasteiger partial charge in [0.2, 0.25) is 5.91 Å². The predicted octanol–water partition coefficient (Wildman–Crippen LogP) is 0.966. The minimum atomic E-state index is -0.339. The first-order chi connectivity index (χ1) is 9.11. The lowest BCUT2D eigenvalue weighted by Crippen LogP contribution is -2.47. The summed E-state index contributed by atoms with van der Waals surface area (Å²) in [6.45, 7) is 3.77. The van der Waals surface area contributed by atoms with Crippen molar-refractivity contribution in [2.24, 2.45) is 0 Å². The molecule has 0 saturated carbocycles. The van der Waals surface area contributed by atoms with E-state index >= 15 is 0 Å². The zero-order chi connectivity index (χ0) is 13.8. The highest BCUT2D eigenvalue weighted by Gasteiger charge is 2.22. The molecule has 102 valence electrons. The summed E-state index contributed by atoms with van der Waals surface area (Å²) in [4.78, 5) is 24.6. The number of hydrogen-bond acceptors (Lipinski definition) is 4. The predicted molar refractivity (Wildman–Crippen MR) is 70.8 cm³/mol. The van der Waals surface area contributed by atoms with Crippen molar-refractivity contribution in [2.75, 3.05) is 26.7 Å². The highest BCUT2D eigenvalue weighted by atomic mass is 16.5. The lowest BCUT2D eigenvalue weighted by molar-refractivity contribution is -0.130. The van der Waals surface area contributed by atoms with Crippen LogP contribution in [0.2, 0.25) is 0 Å². The van der Waals surface area contributed by atoms with Crippen LogP contribution in [-0.2, 0) is 9.53 Å². The van der Waals surface area contributed by atoms with E-state index in [-0.39, 0.29) is 17.9 Å². The van der Waals surface area contributed by atoms with Gasteiger partial charge in [0.05, 0.1) is 12.7 Å². The number of amides is 1. The lowest BCUT2D eigenvalue weighted by Gasteiger charge is -2.33. The average Bonchev–Trinajstić information content (AvgIpc) is 2.46. The van der Waals surface area contributed by atoms with Gasteiger partial charge in [-0.3, -0.25) is 4.79 Å². The van der Waals surface area contributed by atoms with Crippen LogP contribution in [0.1, 0.15) is 28.9 Å². The molecule has 0 spiro atoms. The molecule has 5 heteroatoms. The second-order valence-electron chi connectivity index (χ2n) is 4.59. The first-order valence-electron chi connectivity index (χ1n) is 6.29. The molecule has 1 N–H and O–H groups in total. The molecule has 5 nitrogen and oxygen atoms in total. The van der Waals surface area contributed by atoms with Crippen LogP contribution in [0.3, 0.4) is 0 Å². The quantitative estimate of drug-likeness (QED) is 0.807. The van der Waals surface area contributed by atoms with E-state index in [9.17, 15) is 9.59 Å². The largest absolute Gasteiger partial charge is 0.465 e. The van der Waals surface area contributed by atoms with Crippen molar-refractivity contribution >= 4 is 11.9 Å². The van der Waals surface area contributed by atoms with Crippen LogP contribution in [-0.4, -0.2) is 43.5 Å². The highest BCUT2D eigenvalue weighted by Crippen LogP contribution is 2.18. The molecule has 19 heavy (non-hydrogen) atoms. The van der Waals surface area contributed by atoms with E-state index < -0.39 is 0 Å². The van der Waals surface area contributed by atoms with E-state index in [1.165, 1.54) is 7.11 Å². The first kappa shape index (κ1) is 13.5. The van der Waals surface area contributed by atoms with E-state index in [0.717, 1.165) is 18.7 Å². The van der Waals surface area contributed by atoms with Gasteiger partial charge in [0, 0.05) is 32.6 Å². The Hall–Kier alpha value is -1.88. The molecule has 1 heterocycles. The number of benzene rings is 1. The lowest BCUT2D eigenvalue weighted by atomic mass is 10.0. The van der Waals surface area contributed by atoms with Crippen molar-refractivity contribution in [3.63, 3.8) is 0 Å². The number of carbonyl (C=O) groups is 2. The van der Waals surface area contributed by atoms with Crippen molar-refractivity contribution in [1.82, 2.24) is 10.2 Å². The molecular formula is C14H18N2O3. The van der Waals surface area contributed by atoms with Crippen molar-refractivity contribution in [2.45, 2.75) is 13.0 Å². The minimum Gasteiger partial charge on any atom is -0.465 e. The summed E-state index contributed by atoms with van der Waals surface area (Å²) in [5, 5.41) is 3.37. The van der Waals surface area contributed by atoms with Crippen molar-refractivity contribution in [3.8, 4) is 0 Å². The Morgan fingerprint density at radius 2 is 2.00 bits per heavy atom. The van der Waals surface area contributed by atoms with Gasteiger partial charge in [-0.25, -0.2) is 4.79 Å². The SMILES string of the molecule is COC(=O)c1ccc([C@@H]2CN(C(C)=O)CCN2)cc1. The number of rotatable bonds is 2. The topological polar surface area (TPSA) is 58.6 Å². The van der Waals surface area contributed by atoms with Gasteiger partial charge in [-0.1, -0.05) is 12.1 Å². The van der Waals surface area contributed by atoms with Gasteiger partial charge in [-0.05, 0) is 17.7 Å². The molecule has 0 aromatic heterocycles. The maximum absolute atomic E-state index is 11.4. The zero-order valence-corrected chi connectivity index (χ0v) is 11.2. The van der Waals surface area contributed by atoms with E-state index in [0.29, 0.717) is 12.1 Å². The first-order valence-corrected chi connectivity index (χ1v) is 6.29. The van der Waals surface area contributed by atoms with Crippen LogP contribution < -0.4 is 5.32 Å². The molecule has 1 atom stereocenters. The fourth-order valence-electron chi connectivity index (χ4n) is 2.23. The number of methoxy groups -OCH3 is 1. The summed E-state index contributed by atoms with van der Waals surface area (Å²) in [6.07, 6.45) is 0. The molecule has 1 aromatic carbocycles. The Balaban J connectivity index is 2.09. The van der Waals surface area contributed by atoms with Crippen LogP contribution in [0.5, 0.6) is 0 Å². The van der Waals surface area contributed by atoms with Crippen LogP contribution >= 0.6 is 0 Å². The van der Waals surface area contributed by atoms with Crippen molar-refractivity contribution in [1.29, 1.82) is 0 Å². The molecule has 0 aliphatic carbocycles. The summed E-state index contributed by atoms with van der Waals surface area (Å²) >= 11 is 0. The number of nitrogens with one attached hydrogen (secondary N) is 1.